The zero-order chi connectivity index (χ0) is 19.6. The number of benzene rings is 2. The maximum absolute atomic E-state index is 11.5. The summed E-state index contributed by atoms with van der Waals surface area (Å²) < 4.78 is 11.3. The van der Waals surface area contributed by atoms with E-state index < -0.39 is 5.91 Å². The number of nitrogens with one attached hydrogen (secondary N) is 2. The minimum Gasteiger partial charge on any atom is -0.496 e. The number of methoxy groups -OCH3 is 1. The minimum atomic E-state index is -0.428. The van der Waals surface area contributed by atoms with Gasteiger partial charge in [-0.25, -0.2) is 0 Å². The van der Waals surface area contributed by atoms with E-state index in [0.717, 1.165) is 30.8 Å². The number of amides is 1. The molecule has 2 N–H and O–H groups in total. The average molecular weight is 411 g/mol. The quantitative estimate of drug-likeness (QED) is 0.411. The second kappa shape index (κ2) is 11.0. The predicted octanol–water partition coefficient (Wildman–Crippen LogP) is 5.30. The van der Waals surface area contributed by atoms with Gasteiger partial charge in [0.1, 0.15) is 17.2 Å². The first kappa shape index (κ1) is 21.4. The normalized spacial score (nSPS) is 10.5. The van der Waals surface area contributed by atoms with Crippen LogP contribution in [-0.2, 0) is 6.54 Å². The molecular formula is C20H24Cl2N2O3. The number of ether oxygens (including phenoxy) is 2. The highest BCUT2D eigenvalue weighted by molar-refractivity contribution is 6.32. The van der Waals surface area contributed by atoms with Crippen LogP contribution in [0.5, 0.6) is 17.2 Å². The molecule has 2 rings (SSSR count). The summed E-state index contributed by atoms with van der Waals surface area (Å²) in [5.41, 5.74) is 1.41. The maximum Gasteiger partial charge on any atom is 0.265 e. The maximum atomic E-state index is 11.5. The number of carbonyl (C=O) groups excluding carboxylic acids is 1. The summed E-state index contributed by atoms with van der Waals surface area (Å²) in [6.45, 7) is 3.90. The number of hydrogen-bond donors (Lipinski definition) is 2. The Balaban J connectivity index is 2.05. The molecule has 0 saturated carbocycles. The molecule has 0 aliphatic carbocycles. The van der Waals surface area contributed by atoms with Crippen molar-refractivity contribution < 1.29 is 14.3 Å². The molecule has 0 atom stereocenters. The molecule has 0 unspecified atom stereocenters. The first-order valence-corrected chi connectivity index (χ1v) is 9.60. The minimum absolute atomic E-state index is 0.313. The van der Waals surface area contributed by atoms with Gasteiger partial charge in [-0.15, -0.1) is 0 Å². The Bertz CT molecular complexity index is 769. The Morgan fingerprint density at radius 1 is 1.11 bits per heavy atom. The van der Waals surface area contributed by atoms with Gasteiger partial charge in [-0.2, -0.15) is 0 Å². The van der Waals surface area contributed by atoms with E-state index in [1.54, 1.807) is 19.2 Å². The van der Waals surface area contributed by atoms with E-state index in [2.05, 4.69) is 12.2 Å². The van der Waals surface area contributed by atoms with Crippen LogP contribution >= 0.6 is 23.4 Å². The topological polar surface area (TPSA) is 59.6 Å². The van der Waals surface area contributed by atoms with Crippen molar-refractivity contribution in [1.82, 2.24) is 10.2 Å². The molecule has 7 heteroatoms. The fourth-order valence-electron chi connectivity index (χ4n) is 2.56. The zero-order valence-corrected chi connectivity index (χ0v) is 17.0. The van der Waals surface area contributed by atoms with Crippen LogP contribution in [0.3, 0.4) is 0 Å². The standard InChI is InChI=1S/C20H24Cl2N2O3/c1-3-4-5-10-23-13-15-6-8-16(12-19(15)26-2)27-18-9-7-14(11-17(18)21)20(25)24-22/h6-9,11-12,23H,3-5,10,13H2,1-2H3,(H,24,25). The second-order valence-corrected chi connectivity index (χ2v) is 6.62. The molecule has 0 radical (unpaired) electrons. The van der Waals surface area contributed by atoms with Crippen molar-refractivity contribution in [2.45, 2.75) is 32.7 Å². The van der Waals surface area contributed by atoms with Crippen molar-refractivity contribution in [1.29, 1.82) is 0 Å². The molecule has 0 heterocycles. The third-order valence-electron chi connectivity index (χ3n) is 4.04. The molecule has 0 fully saturated rings. The highest BCUT2D eigenvalue weighted by Crippen LogP contribution is 2.33. The number of hydrogen-bond acceptors (Lipinski definition) is 4. The predicted molar refractivity (Wildman–Crippen MR) is 109 cm³/mol. The summed E-state index contributed by atoms with van der Waals surface area (Å²) in [4.78, 5) is 13.6. The molecule has 2 aromatic carbocycles. The lowest BCUT2D eigenvalue weighted by Crippen LogP contribution is -2.15. The highest BCUT2D eigenvalue weighted by Gasteiger charge is 2.11. The van der Waals surface area contributed by atoms with Gasteiger partial charge in [-0.05, 0) is 37.2 Å². The first-order chi connectivity index (χ1) is 13.1. The fourth-order valence-corrected chi connectivity index (χ4v) is 2.89. The molecule has 0 aliphatic rings. The lowest BCUT2D eigenvalue weighted by Gasteiger charge is -2.13. The SMILES string of the molecule is CCCCCNCc1ccc(Oc2ccc(C(=O)NCl)cc2Cl)cc1OC. The lowest BCUT2D eigenvalue weighted by atomic mass is 10.1. The van der Waals surface area contributed by atoms with Crippen molar-refractivity contribution >= 4 is 29.3 Å². The highest BCUT2D eigenvalue weighted by atomic mass is 35.5. The van der Waals surface area contributed by atoms with E-state index >= 15 is 0 Å². The molecule has 5 nitrogen and oxygen atoms in total. The molecule has 146 valence electrons. The summed E-state index contributed by atoms with van der Waals surface area (Å²) in [7, 11) is 1.63. The van der Waals surface area contributed by atoms with Crippen molar-refractivity contribution in [3.63, 3.8) is 0 Å². The third kappa shape index (κ3) is 6.31. The zero-order valence-electron chi connectivity index (χ0n) is 15.5. The molecule has 0 saturated heterocycles. The van der Waals surface area contributed by atoms with Crippen LogP contribution in [0.4, 0.5) is 0 Å². The molecule has 0 spiro atoms. The molecule has 27 heavy (non-hydrogen) atoms. The van der Waals surface area contributed by atoms with Gasteiger partial charge < -0.3 is 14.8 Å². The van der Waals surface area contributed by atoms with Crippen molar-refractivity contribution in [2.24, 2.45) is 0 Å². The first-order valence-electron chi connectivity index (χ1n) is 8.85. The largest absolute Gasteiger partial charge is 0.496 e. The fraction of sp³-hybridized carbons (Fsp3) is 0.350. The van der Waals surface area contributed by atoms with Crippen molar-refractivity contribution in [3.8, 4) is 17.2 Å². The Morgan fingerprint density at radius 2 is 1.93 bits per heavy atom. The monoisotopic (exact) mass is 410 g/mol. The van der Waals surface area contributed by atoms with Gasteiger partial charge in [0, 0.05) is 35.5 Å². The lowest BCUT2D eigenvalue weighted by molar-refractivity contribution is 0.0982. The van der Waals surface area contributed by atoms with Gasteiger partial charge in [0.2, 0.25) is 0 Å². The van der Waals surface area contributed by atoms with Crippen LogP contribution < -0.4 is 19.6 Å². The summed E-state index contributed by atoms with van der Waals surface area (Å²) in [5, 5.41) is 3.73. The molecular weight excluding hydrogens is 387 g/mol. The van der Waals surface area contributed by atoms with Crippen LogP contribution in [0.1, 0.15) is 42.1 Å². The molecule has 1 amide bonds. The number of halogens is 2. The Kier molecular flexibility index (Phi) is 8.72. The smallest absolute Gasteiger partial charge is 0.265 e. The van der Waals surface area contributed by atoms with E-state index in [1.807, 2.05) is 23.0 Å². The molecule has 0 bridgehead atoms. The van der Waals surface area contributed by atoms with Crippen LogP contribution in [0.2, 0.25) is 5.02 Å². The van der Waals surface area contributed by atoms with E-state index in [9.17, 15) is 4.79 Å². The van der Waals surface area contributed by atoms with Gasteiger partial charge in [-0.3, -0.25) is 9.63 Å². The molecule has 2 aromatic rings. The van der Waals surface area contributed by atoms with E-state index in [-0.39, 0.29) is 0 Å². The third-order valence-corrected chi connectivity index (χ3v) is 4.51. The Morgan fingerprint density at radius 3 is 2.59 bits per heavy atom. The summed E-state index contributed by atoms with van der Waals surface area (Å²) in [6.07, 6.45) is 3.59. The number of rotatable bonds is 10. The van der Waals surface area contributed by atoms with Crippen LogP contribution in [0, 0.1) is 0 Å². The Hall–Kier alpha value is -1.95. The average Bonchev–Trinajstić information content (AvgIpc) is 2.69. The number of unbranched alkanes of at least 4 members (excludes halogenated alkanes) is 2. The van der Waals surface area contributed by atoms with E-state index in [4.69, 9.17) is 32.9 Å². The van der Waals surface area contributed by atoms with Crippen molar-refractivity contribution in [2.75, 3.05) is 13.7 Å². The van der Waals surface area contributed by atoms with Gasteiger partial charge in [0.25, 0.3) is 5.91 Å². The summed E-state index contributed by atoms with van der Waals surface area (Å²) in [5.74, 6) is 1.35. The van der Waals surface area contributed by atoms with E-state index in [0.29, 0.717) is 22.1 Å². The second-order valence-electron chi connectivity index (χ2n) is 6.03. The number of carbonyl (C=O) groups is 1. The molecule has 0 aliphatic heterocycles. The van der Waals surface area contributed by atoms with Crippen LogP contribution in [-0.4, -0.2) is 19.6 Å². The van der Waals surface area contributed by atoms with Crippen LogP contribution in [0.15, 0.2) is 36.4 Å². The molecule has 0 aromatic heterocycles. The van der Waals surface area contributed by atoms with Gasteiger partial charge in [0.15, 0.2) is 0 Å². The van der Waals surface area contributed by atoms with Crippen molar-refractivity contribution in [3.05, 3.63) is 52.5 Å². The Labute approximate surface area is 170 Å². The van der Waals surface area contributed by atoms with Crippen LogP contribution in [0.25, 0.3) is 0 Å². The summed E-state index contributed by atoms with van der Waals surface area (Å²) >= 11 is 11.5. The van der Waals surface area contributed by atoms with Gasteiger partial charge in [-0.1, -0.05) is 37.4 Å². The van der Waals surface area contributed by atoms with Gasteiger partial charge in [0.05, 0.1) is 12.1 Å². The summed E-state index contributed by atoms with van der Waals surface area (Å²) in [6, 6.07) is 10.4. The van der Waals surface area contributed by atoms with E-state index in [1.165, 1.54) is 18.9 Å². The van der Waals surface area contributed by atoms with Gasteiger partial charge >= 0.3 is 0 Å².